The fourth-order valence-electron chi connectivity index (χ4n) is 1.45. The minimum atomic E-state index is -0.997. The Kier molecular flexibility index (Phi) is 9.86. The number of hydrogen-bond acceptors (Lipinski definition) is 4. The fourth-order valence-corrected chi connectivity index (χ4v) is 1.45. The Hall–Kier alpha value is -0.810. The number of nitrogens with one attached hydrogen (secondary N) is 1. The third-order valence-electron chi connectivity index (χ3n) is 2.70. The molecule has 5 heteroatoms. The maximum atomic E-state index is 11.2. The molecule has 1 amide bonds. The van der Waals surface area contributed by atoms with Gasteiger partial charge in [-0.25, -0.2) is 4.79 Å². The van der Waals surface area contributed by atoms with Crippen LogP contribution in [0.4, 0.5) is 4.79 Å². The van der Waals surface area contributed by atoms with Crippen LogP contribution in [-0.4, -0.2) is 42.2 Å². The van der Waals surface area contributed by atoms with Crippen molar-refractivity contribution in [1.82, 2.24) is 5.32 Å². The molecule has 0 fully saturated rings. The Morgan fingerprint density at radius 2 is 2.12 bits per heavy atom. The maximum Gasteiger partial charge on any atom is 0.407 e. The molecule has 0 radical (unpaired) electrons. The second-order valence-corrected chi connectivity index (χ2v) is 4.23. The first-order chi connectivity index (χ1) is 8.13. The van der Waals surface area contributed by atoms with E-state index in [1.165, 1.54) is 6.42 Å². The standard InChI is InChI=1S/C12H25NO4/c1-3-5-6-10(4-2)7-13-12(16)17-9-11(15)8-14/h10-11,14-15H,3-9H2,1-2H3,(H,13,16). The quantitative estimate of drug-likeness (QED) is 0.573. The Morgan fingerprint density at radius 3 is 2.65 bits per heavy atom. The van der Waals surface area contributed by atoms with E-state index >= 15 is 0 Å². The van der Waals surface area contributed by atoms with E-state index in [4.69, 9.17) is 14.9 Å². The van der Waals surface area contributed by atoms with Crippen LogP contribution in [0.15, 0.2) is 0 Å². The lowest BCUT2D eigenvalue weighted by Gasteiger charge is -2.15. The fraction of sp³-hybridized carbons (Fsp3) is 0.917. The lowest BCUT2D eigenvalue weighted by Crippen LogP contribution is -2.32. The highest BCUT2D eigenvalue weighted by molar-refractivity contribution is 5.67. The minimum Gasteiger partial charge on any atom is -0.447 e. The van der Waals surface area contributed by atoms with E-state index in [1.54, 1.807) is 0 Å². The van der Waals surface area contributed by atoms with Crippen LogP contribution in [0.1, 0.15) is 39.5 Å². The number of aliphatic hydroxyl groups excluding tert-OH is 2. The molecule has 0 rings (SSSR count). The van der Waals surface area contributed by atoms with Crippen LogP contribution >= 0.6 is 0 Å². The van der Waals surface area contributed by atoms with Gasteiger partial charge in [-0.1, -0.05) is 33.1 Å². The van der Waals surface area contributed by atoms with Crippen molar-refractivity contribution in [2.75, 3.05) is 19.8 Å². The normalized spacial score (nSPS) is 14.1. The number of ether oxygens (including phenoxy) is 1. The summed E-state index contributed by atoms with van der Waals surface area (Å²) in [5.41, 5.74) is 0. The predicted molar refractivity (Wildman–Crippen MR) is 65.7 cm³/mol. The Bertz CT molecular complexity index is 199. The van der Waals surface area contributed by atoms with Gasteiger partial charge in [0.15, 0.2) is 0 Å². The monoisotopic (exact) mass is 247 g/mol. The molecular weight excluding hydrogens is 222 g/mol. The van der Waals surface area contributed by atoms with Gasteiger partial charge in [-0.2, -0.15) is 0 Å². The van der Waals surface area contributed by atoms with E-state index in [9.17, 15) is 4.79 Å². The lowest BCUT2D eigenvalue weighted by molar-refractivity contribution is 0.0318. The topological polar surface area (TPSA) is 78.8 Å². The molecule has 0 saturated heterocycles. The van der Waals surface area contributed by atoms with Crippen molar-refractivity contribution in [1.29, 1.82) is 0 Å². The zero-order chi connectivity index (χ0) is 13.1. The van der Waals surface area contributed by atoms with Crippen molar-refractivity contribution in [3.63, 3.8) is 0 Å². The van der Waals surface area contributed by atoms with Crippen LogP contribution in [0.5, 0.6) is 0 Å². The number of aliphatic hydroxyl groups is 2. The van der Waals surface area contributed by atoms with Crippen molar-refractivity contribution in [3.8, 4) is 0 Å². The van der Waals surface area contributed by atoms with Gasteiger partial charge in [-0.3, -0.25) is 0 Å². The van der Waals surface area contributed by atoms with Crippen LogP contribution in [0.3, 0.4) is 0 Å². The van der Waals surface area contributed by atoms with Gasteiger partial charge >= 0.3 is 6.09 Å². The van der Waals surface area contributed by atoms with Crippen molar-refractivity contribution in [2.24, 2.45) is 5.92 Å². The van der Waals surface area contributed by atoms with Crippen molar-refractivity contribution >= 4 is 6.09 Å². The van der Waals surface area contributed by atoms with Crippen LogP contribution in [0.2, 0.25) is 0 Å². The first kappa shape index (κ1) is 16.2. The average Bonchev–Trinajstić information content (AvgIpc) is 2.36. The highest BCUT2D eigenvalue weighted by atomic mass is 16.6. The SMILES string of the molecule is CCCCC(CC)CNC(=O)OCC(O)CO. The molecule has 2 unspecified atom stereocenters. The summed E-state index contributed by atoms with van der Waals surface area (Å²) in [6.45, 7) is 4.27. The molecular formula is C12H25NO4. The summed E-state index contributed by atoms with van der Waals surface area (Å²) in [5.74, 6) is 0.477. The predicted octanol–water partition coefficient (Wildman–Crippen LogP) is 1.28. The molecule has 0 aromatic heterocycles. The maximum absolute atomic E-state index is 11.2. The average molecular weight is 247 g/mol. The molecule has 0 bridgehead atoms. The molecule has 102 valence electrons. The number of amides is 1. The highest BCUT2D eigenvalue weighted by Gasteiger charge is 2.10. The molecule has 5 nitrogen and oxygen atoms in total. The number of carbonyl (C=O) groups excluding carboxylic acids is 1. The van der Waals surface area contributed by atoms with Gasteiger partial charge < -0.3 is 20.3 Å². The van der Waals surface area contributed by atoms with E-state index < -0.39 is 18.8 Å². The Balaban J connectivity index is 3.65. The smallest absolute Gasteiger partial charge is 0.407 e. The second kappa shape index (κ2) is 10.4. The number of hydrogen-bond donors (Lipinski definition) is 3. The number of unbranched alkanes of at least 4 members (excludes halogenated alkanes) is 1. The van der Waals surface area contributed by atoms with Gasteiger partial charge in [0.05, 0.1) is 6.61 Å². The molecule has 0 aliphatic carbocycles. The van der Waals surface area contributed by atoms with E-state index in [-0.39, 0.29) is 6.61 Å². The molecule has 17 heavy (non-hydrogen) atoms. The molecule has 3 N–H and O–H groups in total. The molecule has 0 aliphatic heterocycles. The second-order valence-electron chi connectivity index (χ2n) is 4.23. The van der Waals surface area contributed by atoms with Gasteiger partial charge in [0.1, 0.15) is 12.7 Å². The first-order valence-corrected chi connectivity index (χ1v) is 6.33. The summed E-state index contributed by atoms with van der Waals surface area (Å²) in [7, 11) is 0. The largest absolute Gasteiger partial charge is 0.447 e. The van der Waals surface area contributed by atoms with E-state index in [0.717, 1.165) is 19.3 Å². The van der Waals surface area contributed by atoms with E-state index in [0.29, 0.717) is 12.5 Å². The number of carbonyl (C=O) groups is 1. The molecule has 0 aliphatic rings. The van der Waals surface area contributed by atoms with Crippen LogP contribution < -0.4 is 5.32 Å². The zero-order valence-electron chi connectivity index (χ0n) is 10.8. The molecule has 2 atom stereocenters. The van der Waals surface area contributed by atoms with E-state index in [2.05, 4.69) is 19.2 Å². The minimum absolute atomic E-state index is 0.173. The molecule has 0 heterocycles. The zero-order valence-corrected chi connectivity index (χ0v) is 10.8. The van der Waals surface area contributed by atoms with Crippen molar-refractivity contribution < 1.29 is 19.7 Å². The molecule has 0 spiro atoms. The van der Waals surface area contributed by atoms with Crippen molar-refractivity contribution in [3.05, 3.63) is 0 Å². The number of rotatable bonds is 9. The molecule has 0 saturated carbocycles. The van der Waals surface area contributed by atoms with Gasteiger partial charge in [0.2, 0.25) is 0 Å². The van der Waals surface area contributed by atoms with Crippen molar-refractivity contribution in [2.45, 2.75) is 45.6 Å². The lowest BCUT2D eigenvalue weighted by atomic mass is 10.00. The highest BCUT2D eigenvalue weighted by Crippen LogP contribution is 2.11. The summed E-state index contributed by atoms with van der Waals surface area (Å²) in [5, 5.41) is 20.2. The third-order valence-corrected chi connectivity index (χ3v) is 2.70. The van der Waals surface area contributed by atoms with Gasteiger partial charge in [0, 0.05) is 6.54 Å². The third kappa shape index (κ3) is 8.94. The first-order valence-electron chi connectivity index (χ1n) is 6.33. The molecule has 0 aromatic carbocycles. The van der Waals surface area contributed by atoms with Crippen LogP contribution in [0.25, 0.3) is 0 Å². The summed E-state index contributed by atoms with van der Waals surface area (Å²) in [6.07, 6.45) is 2.92. The summed E-state index contributed by atoms with van der Waals surface area (Å²) in [4.78, 5) is 11.2. The summed E-state index contributed by atoms with van der Waals surface area (Å²) < 4.78 is 4.73. The van der Waals surface area contributed by atoms with E-state index in [1.807, 2.05) is 0 Å². The van der Waals surface area contributed by atoms with Gasteiger partial charge in [-0.05, 0) is 12.3 Å². The van der Waals surface area contributed by atoms with Gasteiger partial charge in [-0.15, -0.1) is 0 Å². The van der Waals surface area contributed by atoms with Crippen LogP contribution in [0, 0.1) is 5.92 Å². The van der Waals surface area contributed by atoms with Crippen LogP contribution in [-0.2, 0) is 4.74 Å². The Labute approximate surface area is 103 Å². The summed E-state index contributed by atoms with van der Waals surface area (Å²) >= 11 is 0. The summed E-state index contributed by atoms with van der Waals surface area (Å²) in [6, 6.07) is 0. The molecule has 0 aromatic rings. The number of alkyl carbamates (subject to hydrolysis) is 1. The Morgan fingerprint density at radius 1 is 1.41 bits per heavy atom. The van der Waals surface area contributed by atoms with Gasteiger partial charge in [0.25, 0.3) is 0 Å².